The molecule has 0 amide bonds. The fourth-order valence-electron chi connectivity index (χ4n) is 2.17. The van der Waals surface area contributed by atoms with Crippen LogP contribution in [0.3, 0.4) is 0 Å². The highest BCUT2D eigenvalue weighted by atomic mass is 16.5. The number of benzene rings is 1. The zero-order valence-corrected chi connectivity index (χ0v) is 13.4. The number of ether oxygens (including phenoxy) is 1. The van der Waals surface area contributed by atoms with Gasteiger partial charge in [0.15, 0.2) is 0 Å². The van der Waals surface area contributed by atoms with Crippen molar-refractivity contribution in [2.75, 3.05) is 17.2 Å². The molecule has 0 aliphatic rings. The summed E-state index contributed by atoms with van der Waals surface area (Å²) in [4.78, 5) is 13.0. The highest BCUT2D eigenvalue weighted by Crippen LogP contribution is 2.26. The van der Waals surface area contributed by atoms with Gasteiger partial charge in [0.1, 0.15) is 11.6 Å². The van der Waals surface area contributed by atoms with Crippen molar-refractivity contribution in [3.63, 3.8) is 0 Å². The maximum atomic E-state index is 5.60. The second-order valence-electron chi connectivity index (χ2n) is 4.99. The summed E-state index contributed by atoms with van der Waals surface area (Å²) in [6, 6.07) is 15.4. The Labute approximate surface area is 141 Å². The molecule has 3 rings (SSSR count). The van der Waals surface area contributed by atoms with Crippen LogP contribution in [0.4, 0.5) is 17.5 Å². The highest BCUT2D eigenvalue weighted by molar-refractivity contribution is 5.62. The minimum Gasteiger partial charge on any atom is -0.492 e. The van der Waals surface area contributed by atoms with E-state index < -0.39 is 0 Å². The molecular formula is C18H19N5O. The molecule has 2 aromatic heterocycles. The normalized spacial score (nSPS) is 10.2. The van der Waals surface area contributed by atoms with Gasteiger partial charge in [-0.3, -0.25) is 4.98 Å². The molecule has 0 aliphatic heterocycles. The van der Waals surface area contributed by atoms with Crippen LogP contribution in [0.5, 0.6) is 5.75 Å². The lowest BCUT2D eigenvalue weighted by Gasteiger charge is -2.12. The average molecular weight is 321 g/mol. The SMILES string of the molecule is CCOc1ccccc1Nc1nccc(NCc2ccccn2)n1. The number of nitrogens with zero attached hydrogens (tertiary/aromatic N) is 3. The summed E-state index contributed by atoms with van der Waals surface area (Å²) in [5, 5.41) is 6.44. The molecule has 0 fully saturated rings. The van der Waals surface area contributed by atoms with Gasteiger partial charge in [0.2, 0.25) is 5.95 Å². The number of hydrogen-bond donors (Lipinski definition) is 2. The summed E-state index contributed by atoms with van der Waals surface area (Å²) in [6.45, 7) is 3.16. The zero-order valence-electron chi connectivity index (χ0n) is 13.4. The van der Waals surface area contributed by atoms with Crippen LogP contribution >= 0.6 is 0 Å². The van der Waals surface area contributed by atoms with Gasteiger partial charge in [0.25, 0.3) is 0 Å². The van der Waals surface area contributed by atoms with E-state index in [0.717, 1.165) is 22.9 Å². The third kappa shape index (κ3) is 4.19. The molecule has 0 radical (unpaired) electrons. The minimum absolute atomic E-state index is 0.508. The van der Waals surface area contributed by atoms with Crippen molar-refractivity contribution in [3.05, 3.63) is 66.6 Å². The van der Waals surface area contributed by atoms with Gasteiger partial charge in [-0.1, -0.05) is 18.2 Å². The number of pyridine rings is 1. The van der Waals surface area contributed by atoms with Gasteiger partial charge >= 0.3 is 0 Å². The van der Waals surface area contributed by atoms with E-state index in [-0.39, 0.29) is 0 Å². The van der Waals surface area contributed by atoms with Gasteiger partial charge in [0, 0.05) is 12.4 Å². The molecule has 6 heteroatoms. The third-order valence-electron chi connectivity index (χ3n) is 3.27. The first kappa shape index (κ1) is 15.7. The zero-order chi connectivity index (χ0) is 16.6. The van der Waals surface area contributed by atoms with Gasteiger partial charge in [-0.05, 0) is 37.3 Å². The molecule has 0 unspecified atom stereocenters. The Balaban J connectivity index is 1.69. The topological polar surface area (TPSA) is 72.0 Å². The van der Waals surface area contributed by atoms with Gasteiger partial charge in [-0.15, -0.1) is 0 Å². The molecule has 0 spiro atoms. The minimum atomic E-state index is 0.508. The van der Waals surface area contributed by atoms with Gasteiger partial charge in [-0.2, -0.15) is 4.98 Å². The Morgan fingerprint density at radius 1 is 0.958 bits per heavy atom. The van der Waals surface area contributed by atoms with E-state index in [9.17, 15) is 0 Å². The van der Waals surface area contributed by atoms with E-state index in [2.05, 4.69) is 25.6 Å². The second kappa shape index (κ2) is 7.92. The number of aromatic nitrogens is 3. The third-order valence-corrected chi connectivity index (χ3v) is 3.27. The first-order chi connectivity index (χ1) is 11.8. The Morgan fingerprint density at radius 2 is 1.83 bits per heavy atom. The predicted molar refractivity (Wildman–Crippen MR) is 94.5 cm³/mol. The molecule has 2 N–H and O–H groups in total. The maximum Gasteiger partial charge on any atom is 0.229 e. The van der Waals surface area contributed by atoms with Crippen molar-refractivity contribution >= 4 is 17.5 Å². The Bertz CT molecular complexity index is 779. The monoisotopic (exact) mass is 321 g/mol. The van der Waals surface area contributed by atoms with Crippen LogP contribution in [0.1, 0.15) is 12.6 Å². The second-order valence-corrected chi connectivity index (χ2v) is 4.99. The van der Waals surface area contributed by atoms with Crippen molar-refractivity contribution in [2.45, 2.75) is 13.5 Å². The lowest BCUT2D eigenvalue weighted by Crippen LogP contribution is -2.05. The maximum absolute atomic E-state index is 5.60. The predicted octanol–water partition coefficient (Wildman–Crippen LogP) is 3.63. The first-order valence-electron chi connectivity index (χ1n) is 7.81. The van der Waals surface area contributed by atoms with Crippen LogP contribution in [0.15, 0.2) is 60.9 Å². The smallest absolute Gasteiger partial charge is 0.229 e. The lowest BCUT2D eigenvalue weighted by molar-refractivity contribution is 0.342. The average Bonchev–Trinajstić information content (AvgIpc) is 2.63. The molecule has 0 aliphatic carbocycles. The van der Waals surface area contributed by atoms with Crippen LogP contribution in [-0.2, 0) is 6.54 Å². The number of anilines is 3. The number of rotatable bonds is 7. The Hall–Kier alpha value is -3.15. The molecule has 6 nitrogen and oxygen atoms in total. The molecule has 0 saturated carbocycles. The van der Waals surface area contributed by atoms with E-state index >= 15 is 0 Å². The van der Waals surface area contributed by atoms with Crippen LogP contribution in [0, 0.1) is 0 Å². The van der Waals surface area contributed by atoms with E-state index in [1.54, 1.807) is 12.4 Å². The molecule has 122 valence electrons. The van der Waals surface area contributed by atoms with Gasteiger partial charge in [-0.25, -0.2) is 4.98 Å². The van der Waals surface area contributed by atoms with Gasteiger partial charge < -0.3 is 15.4 Å². The number of hydrogen-bond acceptors (Lipinski definition) is 6. The van der Waals surface area contributed by atoms with E-state index in [1.165, 1.54) is 0 Å². The largest absolute Gasteiger partial charge is 0.492 e. The summed E-state index contributed by atoms with van der Waals surface area (Å²) < 4.78 is 5.60. The van der Waals surface area contributed by atoms with Crippen molar-refractivity contribution in [3.8, 4) is 5.75 Å². The standard InChI is InChI=1S/C18H19N5O/c1-2-24-16-9-4-3-8-15(16)22-18-20-12-10-17(23-18)21-13-14-7-5-6-11-19-14/h3-12H,2,13H2,1H3,(H2,20,21,22,23). The van der Waals surface area contributed by atoms with Crippen LogP contribution in [0.2, 0.25) is 0 Å². The van der Waals surface area contributed by atoms with Crippen molar-refractivity contribution in [1.82, 2.24) is 15.0 Å². The lowest BCUT2D eigenvalue weighted by atomic mass is 10.3. The molecule has 24 heavy (non-hydrogen) atoms. The van der Waals surface area contributed by atoms with Crippen molar-refractivity contribution in [1.29, 1.82) is 0 Å². The van der Waals surface area contributed by atoms with Crippen LogP contribution in [0.25, 0.3) is 0 Å². The van der Waals surface area contributed by atoms with Crippen LogP contribution < -0.4 is 15.4 Å². The first-order valence-corrected chi connectivity index (χ1v) is 7.81. The molecule has 0 bridgehead atoms. The van der Waals surface area contributed by atoms with Crippen molar-refractivity contribution in [2.24, 2.45) is 0 Å². The molecule has 0 atom stereocenters. The van der Waals surface area contributed by atoms with Gasteiger partial charge in [0.05, 0.1) is 24.5 Å². The molecule has 2 heterocycles. The molecule has 0 saturated heterocycles. The summed E-state index contributed by atoms with van der Waals surface area (Å²) in [7, 11) is 0. The Kier molecular flexibility index (Phi) is 5.19. The van der Waals surface area contributed by atoms with Crippen molar-refractivity contribution < 1.29 is 4.74 Å². The molecular weight excluding hydrogens is 302 g/mol. The number of nitrogens with one attached hydrogen (secondary N) is 2. The van der Waals surface area contributed by atoms with E-state index in [0.29, 0.717) is 19.1 Å². The quantitative estimate of drug-likeness (QED) is 0.692. The summed E-state index contributed by atoms with van der Waals surface area (Å²) in [5.74, 6) is 2.01. The molecule has 3 aromatic rings. The van der Waals surface area contributed by atoms with E-state index in [4.69, 9.17) is 4.74 Å². The summed E-state index contributed by atoms with van der Waals surface area (Å²) in [5.41, 5.74) is 1.79. The highest BCUT2D eigenvalue weighted by Gasteiger charge is 2.05. The van der Waals surface area contributed by atoms with Crippen LogP contribution in [-0.4, -0.2) is 21.6 Å². The van der Waals surface area contributed by atoms with E-state index in [1.807, 2.05) is 55.5 Å². The fourth-order valence-corrected chi connectivity index (χ4v) is 2.17. The number of para-hydroxylation sites is 2. The summed E-state index contributed by atoms with van der Waals surface area (Å²) >= 11 is 0. The fraction of sp³-hybridized carbons (Fsp3) is 0.167. The molecule has 1 aromatic carbocycles. The Morgan fingerprint density at radius 3 is 2.67 bits per heavy atom. The summed E-state index contributed by atoms with van der Waals surface area (Å²) in [6.07, 6.45) is 3.48.